The standard InChI is InChI=1S/C28H26F3NO7/c1-35-22-12-9-19(6-5-17-15-23(36-2)27(38-4)24(16-17)37-3)25(26(22)34)32-14-13-21(33)18-7-10-20(11-8-18)39-28(29,30)31/h5-16,32,34H,1-4H3. The van der Waals surface area contributed by atoms with Gasteiger partial charge in [-0.1, -0.05) is 12.2 Å². The lowest BCUT2D eigenvalue weighted by Crippen LogP contribution is -2.17. The summed E-state index contributed by atoms with van der Waals surface area (Å²) in [5.74, 6) is 0.444. The van der Waals surface area contributed by atoms with Crippen LogP contribution < -0.4 is 29.0 Å². The zero-order valence-corrected chi connectivity index (χ0v) is 21.5. The molecule has 3 aromatic rings. The number of phenolic OH excluding ortho intramolecular Hbond substituents is 1. The van der Waals surface area contributed by atoms with E-state index >= 15 is 0 Å². The molecule has 0 heterocycles. The number of carbonyl (C=O) groups excluding carboxylic acids is 1. The van der Waals surface area contributed by atoms with Crippen molar-refractivity contribution in [3.63, 3.8) is 0 Å². The monoisotopic (exact) mass is 545 g/mol. The number of ether oxygens (including phenoxy) is 5. The number of allylic oxidation sites excluding steroid dienone is 1. The largest absolute Gasteiger partial charge is 0.573 e. The average molecular weight is 546 g/mol. The van der Waals surface area contributed by atoms with Gasteiger partial charge in [0.25, 0.3) is 0 Å². The first-order valence-corrected chi connectivity index (χ1v) is 11.3. The highest BCUT2D eigenvalue weighted by Crippen LogP contribution is 2.40. The second-order valence-electron chi connectivity index (χ2n) is 7.79. The average Bonchev–Trinajstić information content (AvgIpc) is 2.91. The van der Waals surface area contributed by atoms with E-state index in [9.17, 15) is 23.1 Å². The minimum atomic E-state index is -4.83. The van der Waals surface area contributed by atoms with Gasteiger partial charge in [-0.3, -0.25) is 4.79 Å². The number of halogens is 3. The van der Waals surface area contributed by atoms with Crippen molar-refractivity contribution in [2.24, 2.45) is 0 Å². The third-order valence-corrected chi connectivity index (χ3v) is 5.37. The maximum Gasteiger partial charge on any atom is 0.573 e. The van der Waals surface area contributed by atoms with Gasteiger partial charge in [0, 0.05) is 23.4 Å². The molecule has 0 radical (unpaired) electrons. The van der Waals surface area contributed by atoms with E-state index in [1.807, 2.05) is 0 Å². The van der Waals surface area contributed by atoms with Crippen molar-refractivity contribution in [2.75, 3.05) is 33.8 Å². The Morgan fingerprint density at radius 1 is 0.846 bits per heavy atom. The topological polar surface area (TPSA) is 95.5 Å². The lowest BCUT2D eigenvalue weighted by Gasteiger charge is -2.13. The molecular formula is C28H26F3NO7. The van der Waals surface area contributed by atoms with Crippen molar-refractivity contribution < 1.29 is 46.8 Å². The molecule has 0 fully saturated rings. The fourth-order valence-electron chi connectivity index (χ4n) is 3.54. The van der Waals surface area contributed by atoms with Crippen LogP contribution in [0.25, 0.3) is 12.2 Å². The molecule has 11 heteroatoms. The molecule has 39 heavy (non-hydrogen) atoms. The predicted molar refractivity (Wildman–Crippen MR) is 140 cm³/mol. The van der Waals surface area contributed by atoms with Crippen LogP contribution in [0.4, 0.5) is 18.9 Å². The van der Waals surface area contributed by atoms with Crippen LogP contribution in [0, 0.1) is 0 Å². The van der Waals surface area contributed by atoms with E-state index in [0.29, 0.717) is 22.8 Å². The second kappa shape index (κ2) is 12.6. The molecule has 0 atom stereocenters. The van der Waals surface area contributed by atoms with E-state index in [0.717, 1.165) is 17.7 Å². The molecule has 3 aromatic carbocycles. The molecule has 0 saturated heterocycles. The summed E-state index contributed by atoms with van der Waals surface area (Å²) in [5.41, 5.74) is 1.65. The second-order valence-corrected chi connectivity index (χ2v) is 7.79. The molecule has 0 aliphatic rings. The van der Waals surface area contributed by atoms with Gasteiger partial charge in [0.2, 0.25) is 5.75 Å². The highest BCUT2D eigenvalue weighted by atomic mass is 19.4. The number of alkyl halides is 3. The number of phenols is 1. The molecule has 0 amide bonds. The van der Waals surface area contributed by atoms with Crippen LogP contribution in [-0.4, -0.2) is 45.7 Å². The van der Waals surface area contributed by atoms with Crippen molar-refractivity contribution >= 4 is 23.6 Å². The number of benzene rings is 3. The number of nitrogens with one attached hydrogen (secondary N) is 1. The van der Waals surface area contributed by atoms with Crippen molar-refractivity contribution in [1.29, 1.82) is 0 Å². The summed E-state index contributed by atoms with van der Waals surface area (Å²) in [6.07, 6.45) is 1.12. The smallest absolute Gasteiger partial charge is 0.503 e. The molecule has 8 nitrogen and oxygen atoms in total. The lowest BCUT2D eigenvalue weighted by atomic mass is 10.1. The van der Waals surface area contributed by atoms with E-state index in [1.54, 1.807) is 36.4 Å². The van der Waals surface area contributed by atoms with Gasteiger partial charge in [0.1, 0.15) is 5.75 Å². The van der Waals surface area contributed by atoms with Crippen LogP contribution >= 0.6 is 0 Å². The number of methoxy groups -OCH3 is 4. The van der Waals surface area contributed by atoms with Crippen LogP contribution in [0.1, 0.15) is 21.5 Å². The van der Waals surface area contributed by atoms with E-state index < -0.39 is 17.9 Å². The number of hydrogen-bond donors (Lipinski definition) is 2. The lowest BCUT2D eigenvalue weighted by molar-refractivity contribution is -0.274. The summed E-state index contributed by atoms with van der Waals surface area (Å²) in [5, 5.41) is 13.6. The van der Waals surface area contributed by atoms with Crippen LogP contribution in [0.2, 0.25) is 0 Å². The zero-order valence-electron chi connectivity index (χ0n) is 21.5. The summed E-state index contributed by atoms with van der Waals surface area (Å²) >= 11 is 0. The highest BCUT2D eigenvalue weighted by molar-refractivity contribution is 6.04. The molecule has 0 unspecified atom stereocenters. The molecule has 0 aliphatic heterocycles. The fraction of sp³-hybridized carbons (Fsp3) is 0.179. The van der Waals surface area contributed by atoms with Crippen LogP contribution in [-0.2, 0) is 0 Å². The van der Waals surface area contributed by atoms with Crippen molar-refractivity contribution in [2.45, 2.75) is 6.36 Å². The summed E-state index contributed by atoms with van der Waals surface area (Å²) in [6.45, 7) is 0. The van der Waals surface area contributed by atoms with Gasteiger partial charge in [-0.15, -0.1) is 13.2 Å². The Morgan fingerprint density at radius 3 is 2.00 bits per heavy atom. The number of ketones is 1. The number of carbonyl (C=O) groups is 1. The van der Waals surface area contributed by atoms with E-state index in [4.69, 9.17) is 18.9 Å². The molecule has 0 saturated carbocycles. The maximum atomic E-state index is 12.5. The normalized spacial score (nSPS) is 11.5. The van der Waals surface area contributed by atoms with Gasteiger partial charge in [-0.05, 0) is 54.1 Å². The number of aromatic hydroxyl groups is 1. The van der Waals surface area contributed by atoms with Gasteiger partial charge in [-0.2, -0.15) is 0 Å². The Bertz CT molecular complexity index is 1340. The third kappa shape index (κ3) is 7.37. The minimum Gasteiger partial charge on any atom is -0.503 e. The fourth-order valence-corrected chi connectivity index (χ4v) is 3.54. The molecule has 3 rings (SSSR count). The van der Waals surface area contributed by atoms with Crippen LogP contribution in [0.5, 0.6) is 34.5 Å². The van der Waals surface area contributed by atoms with Crippen molar-refractivity contribution in [1.82, 2.24) is 0 Å². The molecule has 206 valence electrons. The SMILES string of the molecule is COc1ccc(C=Cc2cc(OC)c(OC)c(OC)c2)c(NC=CC(=O)c2ccc(OC(F)(F)F)cc2)c1O. The third-order valence-electron chi connectivity index (χ3n) is 5.37. The predicted octanol–water partition coefficient (Wildman–Crippen LogP) is 6.30. The van der Waals surface area contributed by atoms with Crippen molar-refractivity contribution in [3.8, 4) is 34.5 Å². The van der Waals surface area contributed by atoms with Crippen LogP contribution in [0.15, 0.2) is 60.8 Å². The van der Waals surface area contributed by atoms with E-state index in [1.165, 1.54) is 52.8 Å². The Balaban J connectivity index is 1.84. The van der Waals surface area contributed by atoms with Gasteiger partial charge in [-0.25, -0.2) is 0 Å². The Kier molecular flexibility index (Phi) is 9.32. The van der Waals surface area contributed by atoms with Gasteiger partial charge in [0.15, 0.2) is 28.8 Å². The number of rotatable bonds is 11. The van der Waals surface area contributed by atoms with E-state index in [-0.39, 0.29) is 22.7 Å². The van der Waals surface area contributed by atoms with Gasteiger partial charge >= 0.3 is 6.36 Å². The molecule has 0 aliphatic carbocycles. The maximum absolute atomic E-state index is 12.5. The summed E-state index contributed by atoms with van der Waals surface area (Å²) in [4.78, 5) is 12.5. The molecule has 0 bridgehead atoms. The molecule has 2 N–H and O–H groups in total. The number of anilines is 1. The first kappa shape index (κ1) is 28.8. The summed E-state index contributed by atoms with van der Waals surface area (Å²) in [6, 6.07) is 11.3. The van der Waals surface area contributed by atoms with E-state index in [2.05, 4.69) is 10.1 Å². The Hall–Kier alpha value is -4.80. The van der Waals surface area contributed by atoms with Gasteiger partial charge < -0.3 is 34.1 Å². The summed E-state index contributed by atoms with van der Waals surface area (Å²) < 4.78 is 62.1. The minimum absolute atomic E-state index is 0.139. The zero-order chi connectivity index (χ0) is 28.6. The van der Waals surface area contributed by atoms with Gasteiger partial charge in [0.05, 0.1) is 34.1 Å². The van der Waals surface area contributed by atoms with Crippen molar-refractivity contribution in [3.05, 3.63) is 77.5 Å². The Labute approximate surface area is 222 Å². The first-order valence-electron chi connectivity index (χ1n) is 11.3. The van der Waals surface area contributed by atoms with Crippen LogP contribution in [0.3, 0.4) is 0 Å². The first-order chi connectivity index (χ1) is 18.6. The number of hydrogen-bond acceptors (Lipinski definition) is 8. The molecule has 0 aromatic heterocycles. The molecule has 0 spiro atoms. The Morgan fingerprint density at radius 2 is 1.46 bits per heavy atom. The quantitative estimate of drug-likeness (QED) is 0.125. The highest BCUT2D eigenvalue weighted by Gasteiger charge is 2.31. The summed E-state index contributed by atoms with van der Waals surface area (Å²) in [7, 11) is 5.92. The molecular weight excluding hydrogens is 519 g/mol.